The molecule has 0 fully saturated rings. The lowest BCUT2D eigenvalue weighted by Crippen LogP contribution is -2.13. The molecule has 7 heteroatoms. The average Bonchev–Trinajstić information content (AvgIpc) is 3.27. The number of halogens is 1. The topological polar surface area (TPSA) is 75.0 Å². The summed E-state index contributed by atoms with van der Waals surface area (Å²) in [5.41, 5.74) is 3.39. The molecule has 0 bridgehead atoms. The minimum Gasteiger partial charge on any atom is -0.494 e. The van der Waals surface area contributed by atoms with E-state index in [9.17, 15) is 14.4 Å². The van der Waals surface area contributed by atoms with Crippen molar-refractivity contribution < 1.29 is 13.9 Å². The largest absolute Gasteiger partial charge is 0.494 e. The number of hydrogen-bond donors (Lipinski definition) is 1. The molecule has 0 aliphatic rings. The summed E-state index contributed by atoms with van der Waals surface area (Å²) in [5, 5.41) is 14.3. The van der Waals surface area contributed by atoms with Crippen molar-refractivity contribution >= 4 is 22.4 Å². The highest BCUT2D eigenvalue weighted by atomic mass is 32.1. The van der Waals surface area contributed by atoms with Gasteiger partial charge in [0.2, 0.25) is 0 Å². The molecule has 1 heterocycles. The number of carbonyl (C=O) groups excluding carboxylic acids is 1. The summed E-state index contributed by atoms with van der Waals surface area (Å²) < 4.78 is 18.9. The number of amides is 1. The zero-order chi connectivity index (χ0) is 21.8. The fraction of sp³-hybridized carbons (Fsp3) is 0.0417. The summed E-state index contributed by atoms with van der Waals surface area (Å²) in [7, 11) is 1.40. The van der Waals surface area contributed by atoms with Crippen LogP contribution in [0.4, 0.5) is 9.52 Å². The second kappa shape index (κ2) is 8.78. The van der Waals surface area contributed by atoms with Crippen LogP contribution in [0.2, 0.25) is 0 Å². The molecule has 4 rings (SSSR count). The van der Waals surface area contributed by atoms with Gasteiger partial charge in [0.15, 0.2) is 16.7 Å². The van der Waals surface area contributed by atoms with Gasteiger partial charge in [0.25, 0.3) is 5.91 Å². The fourth-order valence-corrected chi connectivity index (χ4v) is 3.90. The van der Waals surface area contributed by atoms with Crippen LogP contribution in [-0.2, 0) is 0 Å². The second-order valence-electron chi connectivity index (χ2n) is 6.54. The zero-order valence-electron chi connectivity index (χ0n) is 16.4. The Morgan fingerprint density at radius 3 is 2.58 bits per heavy atom. The highest BCUT2D eigenvalue weighted by Crippen LogP contribution is 2.30. The van der Waals surface area contributed by atoms with Crippen LogP contribution >= 0.6 is 11.3 Å². The third-order valence-electron chi connectivity index (χ3n) is 4.68. The van der Waals surface area contributed by atoms with Crippen LogP contribution in [0, 0.1) is 17.1 Å². The number of nitriles is 1. The van der Waals surface area contributed by atoms with Crippen LogP contribution in [0.15, 0.2) is 72.1 Å². The second-order valence-corrected chi connectivity index (χ2v) is 7.40. The Labute approximate surface area is 182 Å². The maximum absolute atomic E-state index is 14.0. The van der Waals surface area contributed by atoms with E-state index in [1.54, 1.807) is 41.8 Å². The van der Waals surface area contributed by atoms with Crippen LogP contribution in [0.3, 0.4) is 0 Å². The summed E-state index contributed by atoms with van der Waals surface area (Å²) in [6.45, 7) is 0. The van der Waals surface area contributed by atoms with Gasteiger partial charge in [0.05, 0.1) is 24.4 Å². The van der Waals surface area contributed by atoms with Gasteiger partial charge in [0.1, 0.15) is 0 Å². The smallest absolute Gasteiger partial charge is 0.258 e. The third-order valence-corrected chi connectivity index (χ3v) is 5.44. The lowest BCUT2D eigenvalue weighted by Gasteiger charge is -2.10. The van der Waals surface area contributed by atoms with Crippen molar-refractivity contribution in [2.75, 3.05) is 12.4 Å². The number of benzene rings is 3. The number of thiazole rings is 1. The van der Waals surface area contributed by atoms with Gasteiger partial charge < -0.3 is 4.74 Å². The highest BCUT2D eigenvalue weighted by molar-refractivity contribution is 7.14. The molecule has 5 nitrogen and oxygen atoms in total. The van der Waals surface area contributed by atoms with E-state index in [4.69, 9.17) is 4.74 Å². The van der Waals surface area contributed by atoms with E-state index in [0.717, 1.165) is 0 Å². The van der Waals surface area contributed by atoms with Gasteiger partial charge in [-0.2, -0.15) is 5.26 Å². The molecule has 1 amide bonds. The molecule has 3 aromatic carbocycles. The number of methoxy groups -OCH3 is 1. The predicted molar refractivity (Wildman–Crippen MR) is 119 cm³/mol. The van der Waals surface area contributed by atoms with Crippen LogP contribution in [0.25, 0.3) is 22.4 Å². The summed E-state index contributed by atoms with van der Waals surface area (Å²) in [5.74, 6) is -0.671. The standard InChI is InChI=1S/C24H16FN3O2S/c1-30-22-11-10-15(12-20(22)25)21-14-31-24(27-21)28-23(29)19-9-5-4-8-18(19)17-7-3-2-6-16(17)13-26/h2-12,14H,1H3,(H,27,28,29). The molecule has 1 aromatic heterocycles. The van der Waals surface area contributed by atoms with Gasteiger partial charge in [-0.3, -0.25) is 10.1 Å². The summed E-state index contributed by atoms with van der Waals surface area (Å²) in [6, 6.07) is 21.0. The first-order valence-electron chi connectivity index (χ1n) is 9.30. The Morgan fingerprint density at radius 2 is 1.84 bits per heavy atom. The molecule has 0 spiro atoms. The number of nitrogens with zero attached hydrogens (tertiary/aromatic N) is 2. The van der Waals surface area contributed by atoms with Gasteiger partial charge in [-0.15, -0.1) is 11.3 Å². The van der Waals surface area contributed by atoms with Crippen LogP contribution in [-0.4, -0.2) is 18.0 Å². The summed E-state index contributed by atoms with van der Waals surface area (Å²) >= 11 is 1.24. The van der Waals surface area contributed by atoms with Gasteiger partial charge in [-0.25, -0.2) is 9.37 Å². The van der Waals surface area contributed by atoms with E-state index >= 15 is 0 Å². The molecule has 0 aliphatic heterocycles. The number of nitrogens with one attached hydrogen (secondary N) is 1. The van der Waals surface area contributed by atoms with Crippen molar-refractivity contribution in [3.8, 4) is 34.2 Å². The number of anilines is 1. The number of hydrogen-bond acceptors (Lipinski definition) is 5. The molecule has 0 unspecified atom stereocenters. The maximum atomic E-state index is 14.0. The normalized spacial score (nSPS) is 10.4. The quantitative estimate of drug-likeness (QED) is 0.438. The van der Waals surface area contributed by atoms with Gasteiger partial charge >= 0.3 is 0 Å². The lowest BCUT2D eigenvalue weighted by atomic mass is 9.95. The molecule has 0 radical (unpaired) electrons. The lowest BCUT2D eigenvalue weighted by molar-refractivity contribution is 0.102. The van der Waals surface area contributed by atoms with Gasteiger partial charge in [-0.05, 0) is 35.9 Å². The predicted octanol–water partition coefficient (Wildman–Crippen LogP) is 5.75. The molecule has 0 atom stereocenters. The SMILES string of the molecule is COc1ccc(-c2csc(NC(=O)c3ccccc3-c3ccccc3C#N)n2)cc1F. The summed E-state index contributed by atoms with van der Waals surface area (Å²) in [6.07, 6.45) is 0. The monoisotopic (exact) mass is 429 g/mol. The van der Waals surface area contributed by atoms with Crippen molar-refractivity contribution in [2.24, 2.45) is 0 Å². The van der Waals surface area contributed by atoms with Crippen molar-refractivity contribution in [3.63, 3.8) is 0 Å². The maximum Gasteiger partial charge on any atom is 0.258 e. The molecule has 0 saturated heterocycles. The van der Waals surface area contributed by atoms with Crippen LogP contribution < -0.4 is 10.1 Å². The Kier molecular flexibility index (Phi) is 5.74. The fourth-order valence-electron chi connectivity index (χ4n) is 3.19. The number of carbonyl (C=O) groups is 1. The number of rotatable bonds is 5. The molecule has 152 valence electrons. The molecule has 4 aromatic rings. The van der Waals surface area contributed by atoms with Gasteiger partial charge in [-0.1, -0.05) is 36.4 Å². The Balaban J connectivity index is 1.61. The van der Waals surface area contributed by atoms with Gasteiger partial charge in [0, 0.05) is 22.1 Å². The first-order valence-corrected chi connectivity index (χ1v) is 10.2. The highest BCUT2D eigenvalue weighted by Gasteiger charge is 2.16. The molecule has 0 aliphatic carbocycles. The first-order chi connectivity index (χ1) is 15.1. The van der Waals surface area contributed by atoms with E-state index in [1.807, 2.05) is 18.2 Å². The Morgan fingerprint density at radius 1 is 1.10 bits per heavy atom. The average molecular weight is 429 g/mol. The summed E-state index contributed by atoms with van der Waals surface area (Å²) in [4.78, 5) is 17.4. The van der Waals surface area contributed by atoms with Crippen LogP contribution in [0.1, 0.15) is 15.9 Å². The Bertz CT molecular complexity index is 1310. The van der Waals surface area contributed by atoms with E-state index < -0.39 is 5.82 Å². The number of ether oxygens (including phenoxy) is 1. The zero-order valence-corrected chi connectivity index (χ0v) is 17.2. The molecule has 0 saturated carbocycles. The van der Waals surface area contributed by atoms with Crippen molar-refractivity contribution in [3.05, 3.63) is 89.1 Å². The molecule has 31 heavy (non-hydrogen) atoms. The van der Waals surface area contributed by atoms with E-state index in [-0.39, 0.29) is 11.7 Å². The molecule has 1 N–H and O–H groups in total. The van der Waals surface area contributed by atoms with Crippen LogP contribution in [0.5, 0.6) is 5.75 Å². The van der Waals surface area contributed by atoms with E-state index in [0.29, 0.717) is 38.6 Å². The Hall–Kier alpha value is -4.02. The third kappa shape index (κ3) is 4.15. The van der Waals surface area contributed by atoms with Crippen molar-refractivity contribution in [1.82, 2.24) is 4.98 Å². The minimum absolute atomic E-state index is 0.154. The molecular weight excluding hydrogens is 413 g/mol. The molecular formula is C24H16FN3O2S. The first kappa shape index (κ1) is 20.3. The minimum atomic E-state index is -0.483. The number of aromatic nitrogens is 1. The van der Waals surface area contributed by atoms with E-state index in [2.05, 4.69) is 16.4 Å². The van der Waals surface area contributed by atoms with E-state index in [1.165, 1.54) is 30.6 Å². The van der Waals surface area contributed by atoms with Crippen molar-refractivity contribution in [1.29, 1.82) is 5.26 Å². The van der Waals surface area contributed by atoms with Crippen molar-refractivity contribution in [2.45, 2.75) is 0 Å².